The van der Waals surface area contributed by atoms with Crippen molar-refractivity contribution < 1.29 is 9.59 Å². The number of halogens is 1. The number of nitrogens with one attached hydrogen (secondary N) is 2. The summed E-state index contributed by atoms with van der Waals surface area (Å²) in [5.74, 6) is -0.699. The van der Waals surface area contributed by atoms with E-state index in [9.17, 15) is 9.59 Å². The number of benzene rings is 2. The molecule has 2 rings (SSSR count). The maximum absolute atomic E-state index is 11.7. The van der Waals surface area contributed by atoms with Gasteiger partial charge in [0.05, 0.1) is 10.7 Å². The van der Waals surface area contributed by atoms with Crippen LogP contribution in [0.2, 0.25) is 5.02 Å². The lowest BCUT2D eigenvalue weighted by molar-refractivity contribution is -0.119. The summed E-state index contributed by atoms with van der Waals surface area (Å²) < 4.78 is 0. The van der Waals surface area contributed by atoms with Crippen LogP contribution in [-0.4, -0.2) is 11.8 Å². The van der Waals surface area contributed by atoms with Gasteiger partial charge in [0.2, 0.25) is 11.8 Å². The third kappa shape index (κ3) is 3.99. The summed E-state index contributed by atoms with van der Waals surface area (Å²) in [4.78, 5) is 22.7. The molecule has 0 fully saturated rings. The Hall–Kier alpha value is -2.53. The van der Waals surface area contributed by atoms with Gasteiger partial charge in [-0.15, -0.1) is 0 Å². The van der Waals surface area contributed by atoms with Crippen LogP contribution < -0.4 is 16.4 Å². The van der Waals surface area contributed by atoms with Crippen molar-refractivity contribution >= 4 is 34.8 Å². The third-order valence-electron chi connectivity index (χ3n) is 3.01. The SMILES string of the molecule is CC(=O)Nc1ccc(N[C@@H](C(N)=O)c2ccccc2)cc1Cl. The van der Waals surface area contributed by atoms with Gasteiger partial charge in [0, 0.05) is 12.6 Å². The normalized spacial score (nSPS) is 11.5. The molecule has 5 nitrogen and oxygen atoms in total. The van der Waals surface area contributed by atoms with E-state index < -0.39 is 11.9 Å². The lowest BCUT2D eigenvalue weighted by Gasteiger charge is -2.18. The Morgan fingerprint density at radius 3 is 2.36 bits per heavy atom. The lowest BCUT2D eigenvalue weighted by atomic mass is 10.1. The molecule has 2 amide bonds. The molecule has 0 unspecified atom stereocenters. The molecule has 4 N–H and O–H groups in total. The first kappa shape index (κ1) is 15.9. The molecule has 0 saturated carbocycles. The maximum Gasteiger partial charge on any atom is 0.244 e. The van der Waals surface area contributed by atoms with Crippen LogP contribution in [0.4, 0.5) is 11.4 Å². The maximum atomic E-state index is 11.7. The quantitative estimate of drug-likeness (QED) is 0.792. The molecule has 22 heavy (non-hydrogen) atoms. The number of carbonyl (C=O) groups excluding carboxylic acids is 2. The Kier molecular flexibility index (Phi) is 5.01. The number of primary amides is 1. The van der Waals surface area contributed by atoms with Crippen LogP contribution in [-0.2, 0) is 9.59 Å². The van der Waals surface area contributed by atoms with Crippen LogP contribution in [0.5, 0.6) is 0 Å². The fourth-order valence-corrected chi connectivity index (χ4v) is 2.25. The van der Waals surface area contributed by atoms with E-state index in [0.29, 0.717) is 16.4 Å². The molecule has 1 atom stereocenters. The molecular formula is C16H16ClN3O2. The van der Waals surface area contributed by atoms with Crippen LogP contribution in [0, 0.1) is 0 Å². The highest BCUT2D eigenvalue weighted by atomic mass is 35.5. The highest BCUT2D eigenvalue weighted by Gasteiger charge is 2.17. The van der Waals surface area contributed by atoms with Gasteiger partial charge in [-0.3, -0.25) is 9.59 Å². The first-order valence-corrected chi connectivity index (χ1v) is 7.03. The number of anilines is 2. The summed E-state index contributed by atoms with van der Waals surface area (Å²) in [5.41, 5.74) is 7.36. The molecule has 0 aliphatic rings. The van der Waals surface area contributed by atoms with Crippen LogP contribution in [0.1, 0.15) is 18.5 Å². The molecule has 2 aromatic rings. The van der Waals surface area contributed by atoms with Crippen molar-refractivity contribution in [2.45, 2.75) is 13.0 Å². The van der Waals surface area contributed by atoms with Crippen LogP contribution in [0.25, 0.3) is 0 Å². The minimum atomic E-state index is -0.663. The third-order valence-corrected chi connectivity index (χ3v) is 3.32. The van der Waals surface area contributed by atoms with Crippen molar-refractivity contribution in [2.24, 2.45) is 5.73 Å². The summed E-state index contributed by atoms with van der Waals surface area (Å²) in [6, 6.07) is 13.5. The van der Waals surface area contributed by atoms with Crippen LogP contribution >= 0.6 is 11.6 Å². The molecule has 0 aliphatic heterocycles. The Labute approximate surface area is 133 Å². The standard InChI is InChI=1S/C16H16ClN3O2/c1-10(21)19-14-8-7-12(9-13(14)17)20-15(16(18)22)11-5-3-2-4-6-11/h2-9,15,20H,1H3,(H2,18,22)(H,19,21)/t15-/m1/s1. The molecule has 0 heterocycles. The van der Waals surface area contributed by atoms with E-state index in [4.69, 9.17) is 17.3 Å². The molecule has 0 saturated heterocycles. The number of amides is 2. The number of nitrogens with two attached hydrogens (primary N) is 1. The Balaban J connectivity index is 2.22. The van der Waals surface area contributed by atoms with Gasteiger partial charge < -0.3 is 16.4 Å². The molecular weight excluding hydrogens is 302 g/mol. The predicted octanol–water partition coefficient (Wildman–Crippen LogP) is 2.94. The van der Waals surface area contributed by atoms with Gasteiger partial charge in [-0.25, -0.2) is 0 Å². The highest BCUT2D eigenvalue weighted by molar-refractivity contribution is 6.34. The second kappa shape index (κ2) is 6.95. The topological polar surface area (TPSA) is 84.2 Å². The minimum absolute atomic E-state index is 0.207. The van der Waals surface area contributed by atoms with Gasteiger partial charge in [0.1, 0.15) is 6.04 Å². The van der Waals surface area contributed by atoms with E-state index in [0.717, 1.165) is 5.56 Å². The average Bonchev–Trinajstić information content (AvgIpc) is 2.47. The van der Waals surface area contributed by atoms with Gasteiger partial charge >= 0.3 is 0 Å². The van der Waals surface area contributed by atoms with Crippen molar-refractivity contribution in [3.63, 3.8) is 0 Å². The molecule has 0 spiro atoms. The number of rotatable bonds is 5. The molecule has 0 radical (unpaired) electrons. The molecule has 0 bridgehead atoms. The number of hydrogen-bond donors (Lipinski definition) is 3. The van der Waals surface area contributed by atoms with Gasteiger partial charge in [-0.1, -0.05) is 41.9 Å². The Morgan fingerprint density at radius 1 is 1.14 bits per heavy atom. The second-order valence-electron chi connectivity index (χ2n) is 4.77. The monoisotopic (exact) mass is 317 g/mol. The van der Waals surface area contributed by atoms with Crippen molar-refractivity contribution in [2.75, 3.05) is 10.6 Å². The van der Waals surface area contributed by atoms with E-state index in [1.165, 1.54) is 6.92 Å². The molecule has 2 aromatic carbocycles. The fraction of sp³-hybridized carbons (Fsp3) is 0.125. The zero-order valence-electron chi connectivity index (χ0n) is 12.0. The first-order chi connectivity index (χ1) is 10.5. The van der Waals surface area contributed by atoms with Gasteiger partial charge in [0.15, 0.2) is 0 Å². The smallest absolute Gasteiger partial charge is 0.244 e. The van der Waals surface area contributed by atoms with Crippen molar-refractivity contribution in [3.05, 3.63) is 59.1 Å². The largest absolute Gasteiger partial charge is 0.370 e. The summed E-state index contributed by atoms with van der Waals surface area (Å²) in [5, 5.41) is 6.03. The molecule has 0 aromatic heterocycles. The number of hydrogen-bond acceptors (Lipinski definition) is 3. The molecule has 0 aliphatic carbocycles. The summed E-state index contributed by atoms with van der Waals surface area (Å²) >= 11 is 6.11. The van der Waals surface area contributed by atoms with E-state index in [-0.39, 0.29) is 5.91 Å². The van der Waals surface area contributed by atoms with E-state index in [2.05, 4.69) is 10.6 Å². The Bertz CT molecular complexity index is 689. The molecule has 6 heteroatoms. The second-order valence-corrected chi connectivity index (χ2v) is 5.17. The Morgan fingerprint density at radius 2 is 1.82 bits per heavy atom. The minimum Gasteiger partial charge on any atom is -0.370 e. The zero-order valence-corrected chi connectivity index (χ0v) is 12.7. The van der Waals surface area contributed by atoms with Crippen molar-refractivity contribution in [3.8, 4) is 0 Å². The average molecular weight is 318 g/mol. The van der Waals surface area contributed by atoms with Gasteiger partial charge in [0.25, 0.3) is 0 Å². The van der Waals surface area contributed by atoms with Crippen LogP contribution in [0.3, 0.4) is 0 Å². The first-order valence-electron chi connectivity index (χ1n) is 6.65. The van der Waals surface area contributed by atoms with Crippen molar-refractivity contribution in [1.29, 1.82) is 0 Å². The summed E-state index contributed by atoms with van der Waals surface area (Å²) in [6.45, 7) is 1.40. The van der Waals surface area contributed by atoms with Gasteiger partial charge in [-0.2, -0.15) is 0 Å². The zero-order chi connectivity index (χ0) is 16.1. The van der Waals surface area contributed by atoms with E-state index in [1.54, 1.807) is 18.2 Å². The predicted molar refractivity (Wildman–Crippen MR) is 87.8 cm³/mol. The lowest BCUT2D eigenvalue weighted by Crippen LogP contribution is -2.27. The van der Waals surface area contributed by atoms with E-state index >= 15 is 0 Å². The highest BCUT2D eigenvalue weighted by Crippen LogP contribution is 2.27. The summed E-state index contributed by atoms with van der Waals surface area (Å²) in [7, 11) is 0. The van der Waals surface area contributed by atoms with Crippen molar-refractivity contribution in [1.82, 2.24) is 0 Å². The van der Waals surface area contributed by atoms with Crippen LogP contribution in [0.15, 0.2) is 48.5 Å². The molecule has 114 valence electrons. The summed E-state index contributed by atoms with van der Waals surface area (Å²) in [6.07, 6.45) is 0. The number of carbonyl (C=O) groups is 2. The van der Waals surface area contributed by atoms with E-state index in [1.807, 2.05) is 30.3 Å². The van der Waals surface area contributed by atoms with Gasteiger partial charge in [-0.05, 0) is 23.8 Å². The fourth-order valence-electron chi connectivity index (χ4n) is 2.03.